The zero-order valence-electron chi connectivity index (χ0n) is 14.1. The van der Waals surface area contributed by atoms with Crippen LogP contribution in [0.5, 0.6) is 0 Å². The summed E-state index contributed by atoms with van der Waals surface area (Å²) in [5.74, 6) is 0.290. The van der Waals surface area contributed by atoms with Gasteiger partial charge in [0.2, 0.25) is 5.91 Å². The van der Waals surface area contributed by atoms with E-state index in [-0.39, 0.29) is 29.8 Å². The number of piperidine rings is 1. The topological polar surface area (TPSA) is 69.7 Å². The average molecular weight is 321 g/mol. The average Bonchev–Trinajstić information content (AvgIpc) is 2.78. The summed E-state index contributed by atoms with van der Waals surface area (Å²) in [6, 6.07) is -0.430. The smallest absolute Gasteiger partial charge is 0.325 e. The predicted molar refractivity (Wildman–Crippen MR) is 85.6 cm³/mol. The Morgan fingerprint density at radius 2 is 1.74 bits per heavy atom. The standard InChI is InChI=1S/C17H27N3O3/c1-12(2)20-15(22)17(18-16(20)23)8-10-19(11-9-17)14(21)13-6-4-3-5-7-13/h12-13H,3-11H2,1-2H3,(H,18,23). The lowest BCUT2D eigenvalue weighted by atomic mass is 9.84. The molecule has 6 nitrogen and oxygen atoms in total. The summed E-state index contributed by atoms with van der Waals surface area (Å²) in [6.45, 7) is 4.82. The Morgan fingerprint density at radius 1 is 1.13 bits per heavy atom. The summed E-state index contributed by atoms with van der Waals surface area (Å²) in [4.78, 5) is 40.6. The van der Waals surface area contributed by atoms with Crippen LogP contribution in [0.25, 0.3) is 0 Å². The zero-order valence-corrected chi connectivity index (χ0v) is 14.1. The fraction of sp³-hybridized carbons (Fsp3) is 0.824. The molecule has 2 heterocycles. The summed E-state index contributed by atoms with van der Waals surface area (Å²) >= 11 is 0. The molecule has 4 amide bonds. The summed E-state index contributed by atoms with van der Waals surface area (Å²) in [5.41, 5.74) is -0.787. The van der Waals surface area contributed by atoms with Crippen molar-refractivity contribution in [3.05, 3.63) is 0 Å². The van der Waals surface area contributed by atoms with E-state index < -0.39 is 5.54 Å². The first-order valence-electron chi connectivity index (χ1n) is 8.89. The first kappa shape index (κ1) is 16.3. The molecule has 0 aromatic rings. The van der Waals surface area contributed by atoms with Crippen LogP contribution in [-0.2, 0) is 9.59 Å². The van der Waals surface area contributed by atoms with Gasteiger partial charge >= 0.3 is 6.03 Å². The Balaban J connectivity index is 1.63. The van der Waals surface area contributed by atoms with Gasteiger partial charge in [0, 0.05) is 25.0 Å². The fourth-order valence-corrected chi connectivity index (χ4v) is 4.17. The molecule has 0 radical (unpaired) electrons. The minimum absolute atomic E-state index is 0.123. The second-order valence-electron chi connectivity index (χ2n) is 7.44. The lowest BCUT2D eigenvalue weighted by Gasteiger charge is -2.39. The number of likely N-dealkylation sites (tertiary alicyclic amines) is 1. The predicted octanol–water partition coefficient (Wildman–Crippen LogP) is 1.89. The van der Waals surface area contributed by atoms with E-state index in [4.69, 9.17) is 0 Å². The molecular formula is C17H27N3O3. The molecule has 128 valence electrons. The molecule has 0 bridgehead atoms. The van der Waals surface area contributed by atoms with E-state index in [2.05, 4.69) is 5.32 Å². The molecule has 3 rings (SSSR count). The monoisotopic (exact) mass is 321 g/mol. The van der Waals surface area contributed by atoms with Crippen molar-refractivity contribution in [3.63, 3.8) is 0 Å². The third-order valence-corrected chi connectivity index (χ3v) is 5.59. The van der Waals surface area contributed by atoms with E-state index >= 15 is 0 Å². The number of nitrogens with one attached hydrogen (secondary N) is 1. The van der Waals surface area contributed by atoms with Crippen LogP contribution < -0.4 is 5.32 Å². The number of urea groups is 1. The van der Waals surface area contributed by atoms with Crippen molar-refractivity contribution >= 4 is 17.8 Å². The van der Waals surface area contributed by atoms with Gasteiger partial charge in [-0.1, -0.05) is 19.3 Å². The molecule has 3 fully saturated rings. The van der Waals surface area contributed by atoms with E-state index in [1.807, 2.05) is 18.7 Å². The molecular weight excluding hydrogens is 294 g/mol. The molecule has 2 saturated heterocycles. The zero-order chi connectivity index (χ0) is 16.6. The molecule has 1 saturated carbocycles. The minimum atomic E-state index is -0.787. The number of hydrogen-bond acceptors (Lipinski definition) is 3. The number of imide groups is 1. The van der Waals surface area contributed by atoms with Crippen LogP contribution in [0.1, 0.15) is 58.8 Å². The van der Waals surface area contributed by atoms with Crippen molar-refractivity contribution in [1.29, 1.82) is 0 Å². The molecule has 1 spiro atoms. The highest BCUT2D eigenvalue weighted by atomic mass is 16.2. The van der Waals surface area contributed by atoms with Gasteiger partial charge in [0.1, 0.15) is 5.54 Å². The Bertz CT molecular complexity index is 503. The molecule has 0 atom stereocenters. The highest BCUT2D eigenvalue weighted by molar-refractivity contribution is 6.07. The second kappa shape index (κ2) is 6.13. The Morgan fingerprint density at radius 3 is 2.26 bits per heavy atom. The van der Waals surface area contributed by atoms with Gasteiger partial charge in [0.25, 0.3) is 5.91 Å². The van der Waals surface area contributed by atoms with Gasteiger partial charge < -0.3 is 10.2 Å². The molecule has 0 aromatic heterocycles. The quantitative estimate of drug-likeness (QED) is 0.790. The van der Waals surface area contributed by atoms with Crippen LogP contribution in [0.4, 0.5) is 4.79 Å². The van der Waals surface area contributed by atoms with E-state index in [0.29, 0.717) is 25.9 Å². The van der Waals surface area contributed by atoms with E-state index in [1.165, 1.54) is 11.3 Å². The Kier molecular flexibility index (Phi) is 4.34. The third kappa shape index (κ3) is 2.83. The number of carbonyl (C=O) groups excluding carboxylic acids is 3. The van der Waals surface area contributed by atoms with E-state index in [1.54, 1.807) is 0 Å². The maximum Gasteiger partial charge on any atom is 0.325 e. The first-order chi connectivity index (χ1) is 10.9. The van der Waals surface area contributed by atoms with Crippen molar-refractivity contribution in [2.75, 3.05) is 13.1 Å². The van der Waals surface area contributed by atoms with Gasteiger partial charge in [0.15, 0.2) is 0 Å². The maximum absolute atomic E-state index is 12.7. The summed E-state index contributed by atoms with van der Waals surface area (Å²) in [7, 11) is 0. The van der Waals surface area contributed by atoms with Gasteiger partial charge in [-0.3, -0.25) is 14.5 Å². The van der Waals surface area contributed by atoms with E-state index in [9.17, 15) is 14.4 Å². The molecule has 6 heteroatoms. The van der Waals surface area contributed by atoms with Crippen molar-refractivity contribution in [2.24, 2.45) is 5.92 Å². The second-order valence-corrected chi connectivity index (χ2v) is 7.44. The van der Waals surface area contributed by atoms with Gasteiger partial charge in [-0.2, -0.15) is 0 Å². The third-order valence-electron chi connectivity index (χ3n) is 5.59. The summed E-state index contributed by atoms with van der Waals surface area (Å²) < 4.78 is 0. The van der Waals surface area contributed by atoms with Gasteiger partial charge in [0.05, 0.1) is 0 Å². The number of carbonyl (C=O) groups is 3. The summed E-state index contributed by atoms with van der Waals surface area (Å²) in [6.07, 6.45) is 6.57. The van der Waals surface area contributed by atoms with Crippen LogP contribution in [0, 0.1) is 5.92 Å². The van der Waals surface area contributed by atoms with Crippen LogP contribution in [0.2, 0.25) is 0 Å². The molecule has 1 aliphatic carbocycles. The molecule has 2 aliphatic heterocycles. The largest absolute Gasteiger partial charge is 0.342 e. The minimum Gasteiger partial charge on any atom is -0.342 e. The normalized spacial score (nSPS) is 25.3. The maximum atomic E-state index is 12.7. The van der Waals surface area contributed by atoms with Crippen LogP contribution >= 0.6 is 0 Å². The molecule has 0 aromatic carbocycles. The number of amides is 4. The lowest BCUT2D eigenvalue weighted by molar-refractivity contribution is -0.142. The van der Waals surface area contributed by atoms with E-state index in [0.717, 1.165) is 25.7 Å². The van der Waals surface area contributed by atoms with Gasteiger partial charge in [-0.05, 0) is 39.5 Å². The first-order valence-corrected chi connectivity index (χ1v) is 8.89. The number of hydrogen-bond donors (Lipinski definition) is 1. The lowest BCUT2D eigenvalue weighted by Crippen LogP contribution is -2.56. The highest BCUT2D eigenvalue weighted by Gasteiger charge is 2.53. The molecule has 1 N–H and O–H groups in total. The highest BCUT2D eigenvalue weighted by Crippen LogP contribution is 2.32. The molecule has 3 aliphatic rings. The Labute approximate surface area is 137 Å². The van der Waals surface area contributed by atoms with Gasteiger partial charge in [-0.25, -0.2) is 4.79 Å². The van der Waals surface area contributed by atoms with Gasteiger partial charge in [-0.15, -0.1) is 0 Å². The Hall–Kier alpha value is -1.59. The fourth-order valence-electron chi connectivity index (χ4n) is 4.17. The van der Waals surface area contributed by atoms with Crippen molar-refractivity contribution in [1.82, 2.24) is 15.1 Å². The molecule has 23 heavy (non-hydrogen) atoms. The van der Waals surface area contributed by atoms with Crippen LogP contribution in [0.15, 0.2) is 0 Å². The molecule has 0 unspecified atom stereocenters. The van der Waals surface area contributed by atoms with Crippen LogP contribution in [0.3, 0.4) is 0 Å². The van der Waals surface area contributed by atoms with Crippen molar-refractivity contribution < 1.29 is 14.4 Å². The number of nitrogens with zero attached hydrogens (tertiary/aromatic N) is 2. The summed E-state index contributed by atoms with van der Waals surface area (Å²) in [5, 5.41) is 2.89. The van der Waals surface area contributed by atoms with Crippen molar-refractivity contribution in [3.8, 4) is 0 Å². The van der Waals surface area contributed by atoms with Crippen LogP contribution in [-0.4, -0.2) is 52.3 Å². The van der Waals surface area contributed by atoms with Crippen molar-refractivity contribution in [2.45, 2.75) is 70.4 Å². The number of rotatable bonds is 2. The SMILES string of the molecule is CC(C)N1C(=O)NC2(CCN(C(=O)C3CCCCC3)CC2)C1=O.